The summed E-state index contributed by atoms with van der Waals surface area (Å²) >= 11 is 0. The maximum absolute atomic E-state index is 2.34. The average molecular weight is 1810 g/mol. The molecule has 3 heterocycles. The van der Waals surface area contributed by atoms with Gasteiger partial charge in [-0.25, -0.2) is 0 Å². The van der Waals surface area contributed by atoms with E-state index in [0.29, 0.717) is 0 Å². The number of para-hydroxylation sites is 6. The minimum Gasteiger partial charge on any atom is -0.344 e. The number of aromatic nitrogens is 3. The third-order valence-corrected chi connectivity index (χ3v) is 28.5. The van der Waals surface area contributed by atoms with E-state index in [1.165, 1.54) is 216 Å². The summed E-state index contributed by atoms with van der Waals surface area (Å²) in [7, 11) is 2.12. The fourth-order valence-electron chi connectivity index (χ4n) is 21.4. The van der Waals surface area contributed by atoms with Crippen molar-refractivity contribution in [3.63, 3.8) is 0 Å². The third-order valence-electron chi connectivity index (χ3n) is 28.5. The zero-order chi connectivity index (χ0) is 97.3. The molecule has 0 N–H and O–H groups in total. The molecular weight excluding hydrogens is 1680 g/mol. The predicted octanol–water partition coefficient (Wildman–Crippen LogP) is 36.7. The van der Waals surface area contributed by atoms with Crippen molar-refractivity contribution in [2.75, 3.05) is 0 Å². The molecule has 3 heteroatoms. The second-order valence-corrected chi connectivity index (χ2v) is 39.7. The highest BCUT2D eigenvalue weighted by Crippen LogP contribution is 2.53. The van der Waals surface area contributed by atoms with Crippen LogP contribution in [0.5, 0.6) is 0 Å². The molecule has 139 heavy (non-hydrogen) atoms. The minimum atomic E-state index is 0.150. The average Bonchev–Trinajstić information content (AvgIpc) is 1.65. The van der Waals surface area contributed by atoms with Crippen LogP contribution in [0.1, 0.15) is 150 Å². The Balaban J connectivity index is 0.000000108. The van der Waals surface area contributed by atoms with Gasteiger partial charge in [0, 0.05) is 83.4 Å². The molecular formula is C136H129N3. The molecule has 22 aromatic rings. The van der Waals surface area contributed by atoms with Crippen LogP contribution in [-0.4, -0.2) is 13.7 Å². The van der Waals surface area contributed by atoms with E-state index in [1.807, 2.05) is 54.6 Å². The van der Waals surface area contributed by atoms with Crippen molar-refractivity contribution in [2.45, 2.75) is 139 Å². The van der Waals surface area contributed by atoms with Crippen molar-refractivity contribution >= 4 is 65.4 Å². The van der Waals surface area contributed by atoms with E-state index in [2.05, 4.69) is 539 Å². The Labute approximate surface area is 825 Å². The van der Waals surface area contributed by atoms with Crippen molar-refractivity contribution in [1.29, 1.82) is 0 Å². The standard InChI is InChI=1S/2C19H15N.4C16H16.C13H11N.3C7H8/c1-14-8-7-13-18-19(14)16-11-5-6-12-17(16)20(18)15-9-3-2-4-10-15;1-14-11-12-19-17(13-14)16-9-5-6-10-18(16)20(19)15-7-3-2-4-8-15;1-11-7-6-9-13-12-8-4-5-10-14(12)16(2,3)15(11)13;1-11-7-6-10-14-15(11)12-8-4-5-9-13(12)16(14,2)3;1-11-8-9-15-13(10-11)12-6-4-5-7-14(12)16(15,2)3;1-11-8-9-13-12-6-4-5-7-14(12)16(2,3)15(13)10-11;1-14-12-8-4-2-6-10(12)11-7-3-5-9-13(11)14;3*1-7-5-3-2-4-6-7/h2*2-13H,1H3;4*4-10H,1-3H3;2-9H,1H3;3*2-6H,1H3. The summed E-state index contributed by atoms with van der Waals surface area (Å²) in [6.45, 7) is 37.9. The summed E-state index contributed by atoms with van der Waals surface area (Å²) < 4.78 is 6.92. The van der Waals surface area contributed by atoms with Gasteiger partial charge < -0.3 is 13.7 Å². The van der Waals surface area contributed by atoms with Gasteiger partial charge >= 0.3 is 0 Å². The fourth-order valence-corrected chi connectivity index (χ4v) is 21.4. The lowest BCUT2D eigenvalue weighted by atomic mass is 9.80. The number of benzene rings is 19. The summed E-state index contributed by atoms with van der Waals surface area (Å²) in [6, 6.07) is 161. The summed E-state index contributed by atoms with van der Waals surface area (Å²) in [5.41, 5.74) is 45.8. The number of rotatable bonds is 2. The fraction of sp³-hybridized carbons (Fsp3) is 0.162. The first-order valence-electron chi connectivity index (χ1n) is 49.1. The third kappa shape index (κ3) is 19.6. The molecule has 0 atom stereocenters. The van der Waals surface area contributed by atoms with Gasteiger partial charge in [0.2, 0.25) is 0 Å². The number of nitrogens with zero attached hydrogens (tertiary/aromatic N) is 3. The topological polar surface area (TPSA) is 14.8 Å². The summed E-state index contributed by atoms with van der Waals surface area (Å²) in [4.78, 5) is 0. The zero-order valence-electron chi connectivity index (χ0n) is 84.1. The van der Waals surface area contributed by atoms with Gasteiger partial charge in [-0.2, -0.15) is 0 Å². The Kier molecular flexibility index (Phi) is 28.3. The molecule has 688 valence electrons. The Morgan fingerprint density at radius 2 is 0.482 bits per heavy atom. The maximum Gasteiger partial charge on any atom is 0.0543 e. The van der Waals surface area contributed by atoms with E-state index in [9.17, 15) is 0 Å². The van der Waals surface area contributed by atoms with Gasteiger partial charge in [0.05, 0.1) is 22.1 Å². The largest absolute Gasteiger partial charge is 0.344 e. The smallest absolute Gasteiger partial charge is 0.0543 e. The highest BCUT2D eigenvalue weighted by molar-refractivity contribution is 6.12. The maximum atomic E-state index is 2.34. The van der Waals surface area contributed by atoms with Gasteiger partial charge in [0.25, 0.3) is 0 Å². The molecule has 4 aliphatic carbocycles. The highest BCUT2D eigenvalue weighted by atomic mass is 15.0. The molecule has 0 saturated carbocycles. The molecule has 3 aromatic heterocycles. The van der Waals surface area contributed by atoms with Crippen molar-refractivity contribution in [2.24, 2.45) is 7.05 Å². The van der Waals surface area contributed by atoms with Crippen LogP contribution < -0.4 is 0 Å². The number of aryl methyl sites for hydroxylation is 10. The van der Waals surface area contributed by atoms with Crippen LogP contribution in [0.4, 0.5) is 0 Å². The van der Waals surface area contributed by atoms with Crippen LogP contribution in [0.25, 0.3) is 121 Å². The van der Waals surface area contributed by atoms with Crippen molar-refractivity contribution in [1.82, 2.24) is 13.7 Å². The number of fused-ring (bicyclic) bond motifs is 21. The van der Waals surface area contributed by atoms with Gasteiger partial charge in [-0.15, -0.1) is 0 Å². The minimum absolute atomic E-state index is 0.150. The second-order valence-electron chi connectivity index (χ2n) is 39.7. The summed E-state index contributed by atoms with van der Waals surface area (Å²) in [5.74, 6) is 0. The van der Waals surface area contributed by atoms with Gasteiger partial charge in [-0.05, 0) is 235 Å². The first-order chi connectivity index (χ1) is 67.2. The van der Waals surface area contributed by atoms with E-state index in [1.54, 1.807) is 0 Å². The summed E-state index contributed by atoms with van der Waals surface area (Å²) in [6.07, 6.45) is 0. The molecule has 0 aliphatic heterocycles. The first-order valence-corrected chi connectivity index (χ1v) is 49.1. The molecule has 4 aliphatic rings. The summed E-state index contributed by atoms with van der Waals surface area (Å²) in [5, 5.41) is 7.99. The van der Waals surface area contributed by atoms with E-state index in [0.717, 1.165) is 0 Å². The van der Waals surface area contributed by atoms with E-state index in [4.69, 9.17) is 0 Å². The lowest BCUT2D eigenvalue weighted by Crippen LogP contribution is -2.16. The normalized spacial score (nSPS) is 12.9. The Hall–Kier alpha value is -15.4. The molecule has 19 aromatic carbocycles. The Bertz CT molecular complexity index is 7910. The van der Waals surface area contributed by atoms with Crippen molar-refractivity contribution < 1.29 is 0 Å². The van der Waals surface area contributed by atoms with Crippen LogP contribution >= 0.6 is 0 Å². The Morgan fingerprint density at radius 1 is 0.173 bits per heavy atom. The molecule has 26 rings (SSSR count). The zero-order valence-corrected chi connectivity index (χ0v) is 84.1. The van der Waals surface area contributed by atoms with Gasteiger partial charge in [-0.1, -0.05) is 477 Å². The second kappa shape index (κ2) is 41.3. The van der Waals surface area contributed by atoms with Crippen LogP contribution in [-0.2, 0) is 28.7 Å². The highest BCUT2D eigenvalue weighted by Gasteiger charge is 2.39. The molecule has 0 spiro atoms. The molecule has 0 bridgehead atoms. The molecule has 3 nitrogen and oxygen atoms in total. The molecule has 0 saturated heterocycles. The lowest BCUT2D eigenvalue weighted by molar-refractivity contribution is 0.655. The first kappa shape index (κ1) is 95.3. The van der Waals surface area contributed by atoms with Crippen LogP contribution in [0, 0.1) is 62.3 Å². The molecule has 0 radical (unpaired) electrons. The van der Waals surface area contributed by atoms with Crippen LogP contribution in [0.2, 0.25) is 0 Å². The molecule has 0 unspecified atom stereocenters. The van der Waals surface area contributed by atoms with Crippen molar-refractivity contribution in [3.8, 4) is 55.9 Å². The Morgan fingerprint density at radius 3 is 1.00 bits per heavy atom. The monoisotopic (exact) mass is 1800 g/mol. The van der Waals surface area contributed by atoms with Crippen molar-refractivity contribution in [3.05, 3.63) is 550 Å². The number of hydrogen-bond donors (Lipinski definition) is 0. The van der Waals surface area contributed by atoms with Gasteiger partial charge in [0.1, 0.15) is 0 Å². The molecule has 0 fully saturated rings. The van der Waals surface area contributed by atoms with E-state index < -0.39 is 0 Å². The predicted molar refractivity (Wildman–Crippen MR) is 600 cm³/mol. The number of hydrogen-bond acceptors (Lipinski definition) is 0. The van der Waals surface area contributed by atoms with Crippen LogP contribution in [0.15, 0.2) is 455 Å². The van der Waals surface area contributed by atoms with Gasteiger partial charge in [-0.3, -0.25) is 0 Å². The SMILES string of the molecule is Cc1ccc2c(c1)-c1ccccc1C2(C)C.Cc1ccc2c(c1)C(C)(C)c1ccccc1-2.Cc1ccc2c(c1)c1ccccc1n2-c1ccccc1.Cc1cccc2c1-c1ccccc1C2(C)C.Cc1cccc2c1C(C)(C)c1ccccc1-2.Cc1cccc2c1c1ccccc1n2-c1ccccc1.Cc1ccccc1.Cc1ccccc1.Cc1ccccc1.Cn1c2ccccc2c2ccccc21. The quantitative estimate of drug-likeness (QED) is 0.164. The molecule has 0 amide bonds. The van der Waals surface area contributed by atoms with E-state index >= 15 is 0 Å². The van der Waals surface area contributed by atoms with Gasteiger partial charge in [0.15, 0.2) is 0 Å². The van der Waals surface area contributed by atoms with E-state index in [-0.39, 0.29) is 21.7 Å². The van der Waals surface area contributed by atoms with Crippen LogP contribution in [0.3, 0.4) is 0 Å². The lowest BCUT2D eigenvalue weighted by Gasteiger charge is -2.23.